The van der Waals surface area contributed by atoms with Crippen LogP contribution >= 0.6 is 11.6 Å². The Morgan fingerprint density at radius 2 is 1.81 bits per heavy atom. The Morgan fingerprint density at radius 1 is 1.05 bits per heavy atom. The number of aromatic nitrogens is 2. The van der Waals surface area contributed by atoms with E-state index < -0.39 is 17.6 Å². The van der Waals surface area contributed by atoms with Crippen LogP contribution in [0, 0.1) is 5.82 Å². The third-order valence-corrected chi connectivity index (χ3v) is 3.23. The molecule has 0 atom stereocenters. The van der Waals surface area contributed by atoms with Gasteiger partial charge < -0.3 is 4.98 Å². The Kier molecular flexibility index (Phi) is 3.13. The first-order valence-electron chi connectivity index (χ1n) is 5.87. The quantitative estimate of drug-likeness (QED) is 0.626. The molecule has 0 bridgehead atoms. The van der Waals surface area contributed by atoms with Crippen LogP contribution in [0.1, 0.15) is 5.56 Å². The second-order valence-corrected chi connectivity index (χ2v) is 4.88. The first-order chi connectivity index (χ1) is 9.84. The molecule has 0 spiro atoms. The van der Waals surface area contributed by atoms with E-state index in [1.54, 1.807) is 0 Å². The lowest BCUT2D eigenvalue weighted by Gasteiger charge is -2.05. The summed E-state index contributed by atoms with van der Waals surface area (Å²) in [4.78, 5) is 6.78. The summed E-state index contributed by atoms with van der Waals surface area (Å²) < 4.78 is 51.7. The molecule has 108 valence electrons. The van der Waals surface area contributed by atoms with Gasteiger partial charge in [-0.1, -0.05) is 11.6 Å². The fourth-order valence-electron chi connectivity index (χ4n) is 2.00. The molecular formula is C14H7ClF4N2. The monoisotopic (exact) mass is 314 g/mol. The summed E-state index contributed by atoms with van der Waals surface area (Å²) in [7, 11) is 0. The Labute approximate surface area is 121 Å². The third-order valence-electron chi connectivity index (χ3n) is 3.00. The molecule has 1 N–H and O–H groups in total. The van der Waals surface area contributed by atoms with Crippen LogP contribution in [0.25, 0.3) is 22.4 Å². The maximum Gasteiger partial charge on any atom is 0.416 e. The van der Waals surface area contributed by atoms with Gasteiger partial charge in [0.05, 0.1) is 22.2 Å². The number of H-pyrrole nitrogens is 1. The van der Waals surface area contributed by atoms with Crippen molar-refractivity contribution in [2.75, 3.05) is 0 Å². The molecule has 1 heterocycles. The lowest BCUT2D eigenvalue weighted by atomic mass is 10.2. The highest BCUT2D eigenvalue weighted by Crippen LogP contribution is 2.32. The number of alkyl halides is 3. The lowest BCUT2D eigenvalue weighted by molar-refractivity contribution is -0.137. The lowest BCUT2D eigenvalue weighted by Crippen LogP contribution is -2.04. The molecule has 0 aliphatic carbocycles. The van der Waals surface area contributed by atoms with Crippen LogP contribution in [0.3, 0.4) is 0 Å². The van der Waals surface area contributed by atoms with E-state index in [2.05, 4.69) is 9.97 Å². The Morgan fingerprint density at radius 3 is 2.48 bits per heavy atom. The molecule has 1 aromatic heterocycles. The largest absolute Gasteiger partial charge is 0.416 e. The molecule has 0 amide bonds. The Bertz CT molecular complexity index is 823. The molecule has 0 unspecified atom stereocenters. The average molecular weight is 315 g/mol. The molecular weight excluding hydrogens is 308 g/mol. The molecule has 0 aliphatic rings. The van der Waals surface area contributed by atoms with E-state index >= 15 is 0 Å². The maximum atomic E-state index is 13.8. The zero-order valence-electron chi connectivity index (χ0n) is 10.3. The first-order valence-corrected chi connectivity index (χ1v) is 6.25. The minimum atomic E-state index is -4.44. The molecule has 3 rings (SSSR count). The molecule has 2 aromatic carbocycles. The van der Waals surface area contributed by atoms with Gasteiger partial charge in [0.2, 0.25) is 0 Å². The van der Waals surface area contributed by atoms with Gasteiger partial charge in [-0.2, -0.15) is 13.2 Å². The summed E-state index contributed by atoms with van der Waals surface area (Å²) in [6, 6.07) is 7.14. The number of hydrogen-bond donors (Lipinski definition) is 1. The predicted octanol–water partition coefficient (Wildman–Crippen LogP) is 5.04. The SMILES string of the molecule is Fc1cc(Cl)ccc1-c1nc2ccc(C(F)(F)F)cc2[nH]1. The molecule has 2 nitrogen and oxygen atoms in total. The Balaban J connectivity index is 2.13. The number of nitrogens with one attached hydrogen (secondary N) is 1. The van der Waals surface area contributed by atoms with Crippen molar-refractivity contribution in [2.45, 2.75) is 6.18 Å². The van der Waals surface area contributed by atoms with E-state index in [1.165, 1.54) is 18.2 Å². The highest BCUT2D eigenvalue weighted by atomic mass is 35.5. The van der Waals surface area contributed by atoms with Crippen molar-refractivity contribution >= 4 is 22.6 Å². The summed E-state index contributed by atoms with van der Waals surface area (Å²) in [5.74, 6) is -0.448. The molecule has 7 heteroatoms. The summed E-state index contributed by atoms with van der Waals surface area (Å²) >= 11 is 5.66. The Hall–Kier alpha value is -2.08. The number of aromatic amines is 1. The van der Waals surface area contributed by atoms with E-state index in [-0.39, 0.29) is 21.9 Å². The maximum absolute atomic E-state index is 13.8. The third kappa shape index (κ3) is 2.58. The van der Waals surface area contributed by atoms with Crippen molar-refractivity contribution in [2.24, 2.45) is 0 Å². The molecule has 0 radical (unpaired) electrons. The van der Waals surface area contributed by atoms with Gasteiger partial charge in [-0.15, -0.1) is 0 Å². The van der Waals surface area contributed by atoms with Gasteiger partial charge in [0.1, 0.15) is 11.6 Å². The number of rotatable bonds is 1. The van der Waals surface area contributed by atoms with Crippen molar-refractivity contribution in [3.63, 3.8) is 0 Å². The van der Waals surface area contributed by atoms with Crippen LogP contribution in [0.15, 0.2) is 36.4 Å². The molecule has 0 fully saturated rings. The van der Waals surface area contributed by atoms with E-state index in [0.717, 1.165) is 18.2 Å². The predicted molar refractivity (Wildman–Crippen MR) is 71.5 cm³/mol. The van der Waals surface area contributed by atoms with Crippen LogP contribution in [0.5, 0.6) is 0 Å². The van der Waals surface area contributed by atoms with Crippen molar-refractivity contribution in [1.29, 1.82) is 0 Å². The molecule has 21 heavy (non-hydrogen) atoms. The summed E-state index contributed by atoms with van der Waals surface area (Å²) in [6.07, 6.45) is -4.44. The first kappa shape index (κ1) is 13.9. The molecule has 0 saturated heterocycles. The van der Waals surface area contributed by atoms with E-state index in [9.17, 15) is 17.6 Å². The smallest absolute Gasteiger partial charge is 0.338 e. The molecule has 3 aromatic rings. The standard InChI is InChI=1S/C14H7ClF4N2/c15-8-2-3-9(10(16)6-8)13-20-11-4-1-7(14(17,18)19)5-12(11)21-13/h1-6H,(H,20,21). The second-order valence-electron chi connectivity index (χ2n) is 4.44. The van der Waals surface area contributed by atoms with E-state index in [1.807, 2.05) is 0 Å². The van der Waals surface area contributed by atoms with Gasteiger partial charge in [-0.3, -0.25) is 0 Å². The van der Waals surface area contributed by atoms with Gasteiger partial charge >= 0.3 is 6.18 Å². The van der Waals surface area contributed by atoms with Crippen molar-refractivity contribution in [1.82, 2.24) is 9.97 Å². The molecule has 0 saturated carbocycles. The molecule has 0 aliphatic heterocycles. The number of halogens is 5. The number of fused-ring (bicyclic) bond motifs is 1. The fraction of sp³-hybridized carbons (Fsp3) is 0.0714. The number of benzene rings is 2. The average Bonchev–Trinajstić information content (AvgIpc) is 2.79. The summed E-state index contributed by atoms with van der Waals surface area (Å²) in [6.45, 7) is 0. The van der Waals surface area contributed by atoms with Crippen LogP contribution in [-0.4, -0.2) is 9.97 Å². The summed E-state index contributed by atoms with van der Waals surface area (Å²) in [5, 5.41) is 0.228. The van der Waals surface area contributed by atoms with Crippen molar-refractivity contribution < 1.29 is 17.6 Å². The van der Waals surface area contributed by atoms with Gasteiger partial charge in [0.15, 0.2) is 0 Å². The summed E-state index contributed by atoms with van der Waals surface area (Å²) in [5.41, 5.74) is -0.132. The highest BCUT2D eigenvalue weighted by Gasteiger charge is 2.30. The zero-order chi connectivity index (χ0) is 15.2. The second kappa shape index (κ2) is 4.73. The normalized spacial score (nSPS) is 12.0. The van der Waals surface area contributed by atoms with E-state index in [0.29, 0.717) is 5.52 Å². The fourth-order valence-corrected chi connectivity index (χ4v) is 2.15. The van der Waals surface area contributed by atoms with Crippen LogP contribution in [0.4, 0.5) is 17.6 Å². The van der Waals surface area contributed by atoms with Crippen LogP contribution in [-0.2, 0) is 6.18 Å². The topological polar surface area (TPSA) is 28.7 Å². The van der Waals surface area contributed by atoms with Crippen molar-refractivity contribution in [3.05, 3.63) is 52.8 Å². The van der Waals surface area contributed by atoms with Gasteiger partial charge in [0, 0.05) is 5.02 Å². The van der Waals surface area contributed by atoms with E-state index in [4.69, 9.17) is 11.6 Å². The van der Waals surface area contributed by atoms with Crippen molar-refractivity contribution in [3.8, 4) is 11.4 Å². The minimum absolute atomic E-state index is 0.143. The minimum Gasteiger partial charge on any atom is -0.338 e. The van der Waals surface area contributed by atoms with Gasteiger partial charge in [0.25, 0.3) is 0 Å². The zero-order valence-corrected chi connectivity index (χ0v) is 11.1. The van der Waals surface area contributed by atoms with Gasteiger partial charge in [-0.25, -0.2) is 9.37 Å². The van der Waals surface area contributed by atoms with Crippen LogP contribution < -0.4 is 0 Å². The van der Waals surface area contributed by atoms with Crippen LogP contribution in [0.2, 0.25) is 5.02 Å². The van der Waals surface area contributed by atoms with Gasteiger partial charge in [-0.05, 0) is 36.4 Å². The highest BCUT2D eigenvalue weighted by molar-refractivity contribution is 6.30. The number of hydrogen-bond acceptors (Lipinski definition) is 1. The number of nitrogens with zero attached hydrogens (tertiary/aromatic N) is 1. The number of imidazole rings is 1.